The summed E-state index contributed by atoms with van der Waals surface area (Å²) in [7, 11) is 0. The first-order chi connectivity index (χ1) is 9.65. The molecule has 0 aliphatic heterocycles. The summed E-state index contributed by atoms with van der Waals surface area (Å²) in [4.78, 5) is 25.8. The maximum atomic E-state index is 11.5. The molecular formula is C14H15N3O3. The minimum absolute atomic E-state index is 0.172. The van der Waals surface area contributed by atoms with Gasteiger partial charge in [-0.2, -0.15) is 0 Å². The quantitative estimate of drug-likeness (QED) is 0.731. The van der Waals surface area contributed by atoms with Crippen molar-refractivity contribution in [2.45, 2.75) is 6.92 Å². The zero-order chi connectivity index (χ0) is 14.4. The second-order valence-corrected chi connectivity index (χ2v) is 4.19. The van der Waals surface area contributed by atoms with E-state index in [9.17, 15) is 9.59 Å². The predicted molar refractivity (Wildman–Crippen MR) is 73.1 cm³/mol. The Hall–Kier alpha value is -2.76. The molecule has 0 aliphatic rings. The van der Waals surface area contributed by atoms with Crippen LogP contribution in [0.1, 0.15) is 16.1 Å². The number of carbonyl (C=O) groups is 2. The fraction of sp³-hybridized carbons (Fsp3) is 0.143. The molecule has 104 valence electrons. The number of benzene rings is 1. The Balaban J connectivity index is 1.74. The number of ether oxygens (including phenoxy) is 1. The Morgan fingerprint density at radius 2 is 2.05 bits per heavy atom. The lowest BCUT2D eigenvalue weighted by molar-refractivity contribution is -0.123. The standard InChI is InChI=1S/C14H15N3O3/c1-10-4-2-5-11(8-10)20-9-13(18)16-17-14(19)12-6-3-7-15-12/h2-8,15H,9H2,1H3,(H,16,18)(H,17,19). The van der Waals surface area contributed by atoms with Gasteiger partial charge in [0.2, 0.25) is 0 Å². The summed E-state index contributed by atoms with van der Waals surface area (Å²) in [5.74, 6) is -0.249. The fourth-order valence-corrected chi connectivity index (χ4v) is 1.56. The average molecular weight is 273 g/mol. The molecule has 2 rings (SSSR count). The summed E-state index contributed by atoms with van der Waals surface area (Å²) in [6, 6.07) is 10.7. The Bertz CT molecular complexity index is 593. The zero-order valence-corrected chi connectivity index (χ0v) is 11.0. The van der Waals surface area contributed by atoms with Gasteiger partial charge in [-0.25, -0.2) is 0 Å². The van der Waals surface area contributed by atoms with E-state index < -0.39 is 11.8 Å². The SMILES string of the molecule is Cc1cccc(OCC(=O)NNC(=O)c2ccc[nH]2)c1. The van der Waals surface area contributed by atoms with Gasteiger partial charge >= 0.3 is 0 Å². The fourth-order valence-electron chi connectivity index (χ4n) is 1.56. The molecule has 20 heavy (non-hydrogen) atoms. The summed E-state index contributed by atoms with van der Waals surface area (Å²) in [5, 5.41) is 0. The van der Waals surface area contributed by atoms with Crippen molar-refractivity contribution >= 4 is 11.8 Å². The number of nitrogens with one attached hydrogen (secondary N) is 3. The molecule has 0 atom stereocenters. The topological polar surface area (TPSA) is 83.2 Å². The number of hydrogen-bond donors (Lipinski definition) is 3. The number of aromatic nitrogens is 1. The lowest BCUT2D eigenvalue weighted by Crippen LogP contribution is -2.43. The Kier molecular flexibility index (Phi) is 4.39. The first-order valence-electron chi connectivity index (χ1n) is 6.07. The molecule has 0 aliphatic carbocycles. The van der Waals surface area contributed by atoms with Crippen molar-refractivity contribution in [1.29, 1.82) is 0 Å². The van der Waals surface area contributed by atoms with Gasteiger partial charge in [0.05, 0.1) is 0 Å². The van der Waals surface area contributed by atoms with Gasteiger partial charge in [-0.1, -0.05) is 12.1 Å². The van der Waals surface area contributed by atoms with Gasteiger partial charge in [-0.05, 0) is 36.8 Å². The lowest BCUT2D eigenvalue weighted by atomic mass is 10.2. The lowest BCUT2D eigenvalue weighted by Gasteiger charge is -2.08. The number of rotatable bonds is 4. The summed E-state index contributed by atoms with van der Waals surface area (Å²) in [6.07, 6.45) is 1.62. The Morgan fingerprint density at radius 1 is 1.20 bits per heavy atom. The first-order valence-corrected chi connectivity index (χ1v) is 6.07. The molecule has 1 aromatic heterocycles. The molecule has 1 heterocycles. The molecule has 0 unspecified atom stereocenters. The van der Waals surface area contributed by atoms with Gasteiger partial charge in [-0.3, -0.25) is 20.4 Å². The van der Waals surface area contributed by atoms with Crippen LogP contribution in [0.4, 0.5) is 0 Å². The van der Waals surface area contributed by atoms with Crippen LogP contribution in [0.15, 0.2) is 42.6 Å². The van der Waals surface area contributed by atoms with E-state index in [1.165, 1.54) is 0 Å². The number of aryl methyl sites for hydroxylation is 1. The van der Waals surface area contributed by atoms with Crippen molar-refractivity contribution in [3.05, 3.63) is 53.9 Å². The van der Waals surface area contributed by atoms with E-state index >= 15 is 0 Å². The number of H-pyrrole nitrogens is 1. The summed E-state index contributed by atoms with van der Waals surface area (Å²) in [6.45, 7) is 1.76. The van der Waals surface area contributed by atoms with Crippen molar-refractivity contribution in [1.82, 2.24) is 15.8 Å². The van der Waals surface area contributed by atoms with Gasteiger partial charge in [0.25, 0.3) is 11.8 Å². The van der Waals surface area contributed by atoms with E-state index in [2.05, 4.69) is 15.8 Å². The van der Waals surface area contributed by atoms with Gasteiger partial charge in [0, 0.05) is 6.20 Å². The van der Waals surface area contributed by atoms with E-state index in [4.69, 9.17) is 4.74 Å². The normalized spacial score (nSPS) is 9.85. The van der Waals surface area contributed by atoms with Crippen LogP contribution in [0.5, 0.6) is 5.75 Å². The second-order valence-electron chi connectivity index (χ2n) is 4.19. The van der Waals surface area contributed by atoms with Crippen LogP contribution in [0, 0.1) is 6.92 Å². The zero-order valence-electron chi connectivity index (χ0n) is 11.0. The van der Waals surface area contributed by atoms with Gasteiger partial charge < -0.3 is 9.72 Å². The maximum Gasteiger partial charge on any atom is 0.286 e. The van der Waals surface area contributed by atoms with Crippen LogP contribution < -0.4 is 15.6 Å². The van der Waals surface area contributed by atoms with E-state index in [0.717, 1.165) is 5.56 Å². The van der Waals surface area contributed by atoms with Crippen molar-refractivity contribution in [3.8, 4) is 5.75 Å². The monoisotopic (exact) mass is 273 g/mol. The number of hydrazine groups is 1. The second kappa shape index (κ2) is 6.42. The molecule has 3 N–H and O–H groups in total. The third-order valence-electron chi connectivity index (χ3n) is 2.52. The highest BCUT2D eigenvalue weighted by molar-refractivity contribution is 5.93. The predicted octanol–water partition coefficient (Wildman–Crippen LogP) is 1.16. The molecule has 6 heteroatoms. The van der Waals surface area contributed by atoms with Gasteiger partial charge in [-0.15, -0.1) is 0 Å². The van der Waals surface area contributed by atoms with Gasteiger partial charge in [0.1, 0.15) is 11.4 Å². The summed E-state index contributed by atoms with van der Waals surface area (Å²) < 4.78 is 5.30. The molecule has 1 aromatic carbocycles. The molecular weight excluding hydrogens is 258 g/mol. The van der Waals surface area contributed by atoms with Crippen molar-refractivity contribution in [2.24, 2.45) is 0 Å². The average Bonchev–Trinajstić information content (AvgIpc) is 2.97. The molecule has 0 saturated carbocycles. The van der Waals surface area contributed by atoms with Crippen LogP contribution in [0.25, 0.3) is 0 Å². The van der Waals surface area contributed by atoms with Crippen molar-refractivity contribution in [3.63, 3.8) is 0 Å². The highest BCUT2D eigenvalue weighted by atomic mass is 16.5. The molecule has 0 spiro atoms. The number of aromatic amines is 1. The third kappa shape index (κ3) is 3.88. The number of amides is 2. The van der Waals surface area contributed by atoms with Crippen molar-refractivity contribution < 1.29 is 14.3 Å². The van der Waals surface area contributed by atoms with Crippen LogP contribution >= 0.6 is 0 Å². The van der Waals surface area contributed by atoms with E-state index in [0.29, 0.717) is 11.4 Å². The van der Waals surface area contributed by atoms with E-state index in [-0.39, 0.29) is 6.61 Å². The van der Waals surface area contributed by atoms with Gasteiger partial charge in [0.15, 0.2) is 6.61 Å². The molecule has 0 fully saturated rings. The molecule has 2 aromatic rings. The van der Waals surface area contributed by atoms with Crippen LogP contribution in [-0.4, -0.2) is 23.4 Å². The highest BCUT2D eigenvalue weighted by Crippen LogP contribution is 2.11. The van der Waals surface area contributed by atoms with Crippen LogP contribution in [0.3, 0.4) is 0 Å². The van der Waals surface area contributed by atoms with E-state index in [1.807, 2.05) is 25.1 Å². The summed E-state index contributed by atoms with van der Waals surface area (Å²) in [5.41, 5.74) is 5.96. The number of carbonyl (C=O) groups excluding carboxylic acids is 2. The Morgan fingerprint density at radius 3 is 2.75 bits per heavy atom. The number of hydrogen-bond acceptors (Lipinski definition) is 3. The molecule has 0 radical (unpaired) electrons. The Labute approximate surface area is 116 Å². The smallest absolute Gasteiger partial charge is 0.286 e. The maximum absolute atomic E-state index is 11.5. The highest BCUT2D eigenvalue weighted by Gasteiger charge is 2.08. The van der Waals surface area contributed by atoms with Crippen LogP contribution in [0.2, 0.25) is 0 Å². The third-order valence-corrected chi connectivity index (χ3v) is 2.52. The molecule has 2 amide bonds. The molecule has 0 saturated heterocycles. The first kappa shape index (κ1) is 13.7. The minimum Gasteiger partial charge on any atom is -0.484 e. The van der Waals surface area contributed by atoms with E-state index in [1.54, 1.807) is 24.4 Å². The molecule has 6 nitrogen and oxygen atoms in total. The van der Waals surface area contributed by atoms with Crippen LogP contribution in [-0.2, 0) is 4.79 Å². The van der Waals surface area contributed by atoms with Crippen molar-refractivity contribution in [2.75, 3.05) is 6.61 Å². The largest absolute Gasteiger partial charge is 0.484 e. The summed E-state index contributed by atoms with van der Waals surface area (Å²) >= 11 is 0. The molecule has 0 bridgehead atoms. The minimum atomic E-state index is -0.439.